The van der Waals surface area contributed by atoms with Crippen LogP contribution in [0.5, 0.6) is 0 Å². The summed E-state index contributed by atoms with van der Waals surface area (Å²) in [6.07, 6.45) is 0.940. The van der Waals surface area contributed by atoms with Gasteiger partial charge in [-0.25, -0.2) is 4.98 Å². The maximum absolute atomic E-state index is 13.2. The number of carbonyl (C=O) groups is 1. The van der Waals surface area contributed by atoms with E-state index in [0.717, 1.165) is 42.4 Å². The van der Waals surface area contributed by atoms with E-state index in [1.807, 2.05) is 0 Å². The normalized spacial score (nSPS) is 15.2. The molecule has 1 saturated carbocycles. The summed E-state index contributed by atoms with van der Waals surface area (Å²) in [6, 6.07) is 11.1. The van der Waals surface area contributed by atoms with Crippen molar-refractivity contribution in [2.75, 3.05) is 6.54 Å². The molecule has 1 aliphatic carbocycles. The predicted molar refractivity (Wildman–Crippen MR) is 111 cm³/mol. The lowest BCUT2D eigenvalue weighted by molar-refractivity contribution is -0.137. The van der Waals surface area contributed by atoms with Gasteiger partial charge in [-0.3, -0.25) is 14.2 Å². The van der Waals surface area contributed by atoms with Gasteiger partial charge >= 0.3 is 6.18 Å². The SMILES string of the molecule is O=C(NCC1CCCCC1)c1nc2ccccc2n(-c2cccc(C(F)(F)F)c2)c1=O. The minimum atomic E-state index is -4.55. The fourth-order valence-corrected chi connectivity index (χ4v) is 4.07. The van der Waals surface area contributed by atoms with Gasteiger partial charge in [0.05, 0.1) is 16.6 Å². The number of alkyl halides is 3. The molecule has 0 radical (unpaired) electrons. The largest absolute Gasteiger partial charge is 0.416 e. The van der Waals surface area contributed by atoms with E-state index in [1.54, 1.807) is 24.3 Å². The number of benzene rings is 2. The number of nitrogens with zero attached hydrogens (tertiary/aromatic N) is 2. The molecule has 1 fully saturated rings. The van der Waals surface area contributed by atoms with Crippen molar-refractivity contribution in [3.05, 3.63) is 70.1 Å². The number of fused-ring (bicyclic) bond motifs is 1. The fraction of sp³-hybridized carbons (Fsp3) is 0.348. The number of para-hydroxylation sites is 2. The summed E-state index contributed by atoms with van der Waals surface area (Å²) in [4.78, 5) is 30.2. The van der Waals surface area contributed by atoms with Gasteiger partial charge in [-0.1, -0.05) is 37.5 Å². The number of hydrogen-bond donors (Lipinski definition) is 1. The predicted octanol–water partition coefficient (Wildman–Crippen LogP) is 4.71. The molecule has 31 heavy (non-hydrogen) atoms. The summed E-state index contributed by atoms with van der Waals surface area (Å²) < 4.78 is 40.8. The molecule has 4 rings (SSSR count). The van der Waals surface area contributed by atoms with E-state index in [4.69, 9.17) is 0 Å². The molecular formula is C23H22F3N3O2. The van der Waals surface area contributed by atoms with Crippen molar-refractivity contribution in [3.8, 4) is 5.69 Å². The number of amides is 1. The van der Waals surface area contributed by atoms with Crippen molar-refractivity contribution < 1.29 is 18.0 Å². The van der Waals surface area contributed by atoms with Crippen LogP contribution in [0.4, 0.5) is 13.2 Å². The second-order valence-corrected chi connectivity index (χ2v) is 7.85. The number of halogens is 3. The Bertz CT molecular complexity index is 1160. The molecule has 1 amide bonds. The van der Waals surface area contributed by atoms with Crippen molar-refractivity contribution in [3.63, 3.8) is 0 Å². The number of nitrogens with one attached hydrogen (secondary N) is 1. The smallest absolute Gasteiger partial charge is 0.350 e. The molecule has 1 heterocycles. The number of rotatable bonds is 4. The van der Waals surface area contributed by atoms with Crippen LogP contribution in [0.3, 0.4) is 0 Å². The topological polar surface area (TPSA) is 64.0 Å². The van der Waals surface area contributed by atoms with Crippen LogP contribution in [-0.4, -0.2) is 22.0 Å². The monoisotopic (exact) mass is 429 g/mol. The van der Waals surface area contributed by atoms with Crippen molar-refractivity contribution in [1.29, 1.82) is 0 Å². The molecule has 3 aromatic rings. The zero-order valence-corrected chi connectivity index (χ0v) is 16.8. The van der Waals surface area contributed by atoms with Gasteiger partial charge < -0.3 is 5.32 Å². The average Bonchev–Trinajstić information content (AvgIpc) is 2.77. The highest BCUT2D eigenvalue weighted by Crippen LogP contribution is 2.30. The first-order valence-corrected chi connectivity index (χ1v) is 10.3. The lowest BCUT2D eigenvalue weighted by Crippen LogP contribution is -2.36. The van der Waals surface area contributed by atoms with Crippen LogP contribution in [0.1, 0.15) is 48.2 Å². The molecule has 1 aliphatic rings. The fourth-order valence-electron chi connectivity index (χ4n) is 4.07. The third-order valence-corrected chi connectivity index (χ3v) is 5.68. The molecule has 0 unspecified atom stereocenters. The van der Waals surface area contributed by atoms with Crippen LogP contribution in [-0.2, 0) is 6.18 Å². The molecule has 8 heteroatoms. The van der Waals surface area contributed by atoms with Gasteiger partial charge in [-0.05, 0) is 49.1 Å². The maximum Gasteiger partial charge on any atom is 0.416 e. The van der Waals surface area contributed by atoms with Crippen LogP contribution in [0.25, 0.3) is 16.7 Å². The Morgan fingerprint density at radius 2 is 1.81 bits per heavy atom. The lowest BCUT2D eigenvalue weighted by atomic mass is 9.89. The third kappa shape index (κ3) is 4.47. The zero-order valence-electron chi connectivity index (χ0n) is 16.8. The van der Waals surface area contributed by atoms with E-state index < -0.39 is 23.2 Å². The molecular weight excluding hydrogens is 407 g/mol. The Hall–Kier alpha value is -3.16. The van der Waals surface area contributed by atoms with Gasteiger partial charge in [0.1, 0.15) is 0 Å². The minimum absolute atomic E-state index is 0.0276. The molecule has 0 bridgehead atoms. The third-order valence-electron chi connectivity index (χ3n) is 5.68. The molecule has 5 nitrogen and oxygen atoms in total. The van der Waals surface area contributed by atoms with E-state index in [2.05, 4.69) is 10.3 Å². The van der Waals surface area contributed by atoms with Gasteiger partial charge in [-0.15, -0.1) is 0 Å². The summed E-state index contributed by atoms with van der Waals surface area (Å²) in [5.41, 5.74) is -1.25. The molecule has 0 atom stereocenters. The summed E-state index contributed by atoms with van der Waals surface area (Å²) in [6.45, 7) is 0.455. The minimum Gasteiger partial charge on any atom is -0.350 e. The van der Waals surface area contributed by atoms with Gasteiger partial charge in [0.15, 0.2) is 5.69 Å². The summed E-state index contributed by atoms with van der Waals surface area (Å²) in [5, 5.41) is 2.79. The highest BCUT2D eigenvalue weighted by molar-refractivity contribution is 5.94. The second kappa shape index (κ2) is 8.53. The van der Waals surface area contributed by atoms with Crippen LogP contribution in [0, 0.1) is 5.92 Å². The second-order valence-electron chi connectivity index (χ2n) is 7.85. The number of hydrogen-bond acceptors (Lipinski definition) is 3. The first-order chi connectivity index (χ1) is 14.8. The quantitative estimate of drug-likeness (QED) is 0.653. The Morgan fingerprint density at radius 1 is 1.06 bits per heavy atom. The molecule has 1 N–H and O–H groups in total. The molecule has 0 aliphatic heterocycles. The maximum atomic E-state index is 13.2. The highest BCUT2D eigenvalue weighted by Gasteiger charge is 2.31. The van der Waals surface area contributed by atoms with Gasteiger partial charge in [-0.2, -0.15) is 13.2 Å². The summed E-state index contributed by atoms with van der Waals surface area (Å²) >= 11 is 0. The van der Waals surface area contributed by atoms with Crippen LogP contribution < -0.4 is 10.9 Å². The van der Waals surface area contributed by atoms with E-state index >= 15 is 0 Å². The molecule has 2 aromatic carbocycles. The Morgan fingerprint density at radius 3 is 2.55 bits per heavy atom. The molecule has 0 spiro atoms. The molecule has 162 valence electrons. The molecule has 1 aromatic heterocycles. The first kappa shape index (κ1) is 21.1. The number of aromatic nitrogens is 2. The van der Waals surface area contributed by atoms with Crippen LogP contribution in [0.15, 0.2) is 53.3 Å². The van der Waals surface area contributed by atoms with E-state index in [-0.39, 0.29) is 11.4 Å². The number of carbonyl (C=O) groups excluding carboxylic acids is 1. The van der Waals surface area contributed by atoms with Crippen molar-refractivity contribution in [1.82, 2.24) is 14.9 Å². The van der Waals surface area contributed by atoms with E-state index in [9.17, 15) is 22.8 Å². The first-order valence-electron chi connectivity index (χ1n) is 10.3. The van der Waals surface area contributed by atoms with E-state index in [1.165, 1.54) is 18.6 Å². The lowest BCUT2D eigenvalue weighted by Gasteiger charge is -2.21. The van der Waals surface area contributed by atoms with Gasteiger partial charge in [0, 0.05) is 12.2 Å². The van der Waals surface area contributed by atoms with E-state index in [0.29, 0.717) is 23.5 Å². The zero-order chi connectivity index (χ0) is 22.0. The van der Waals surface area contributed by atoms with Crippen molar-refractivity contribution in [2.24, 2.45) is 5.92 Å². The standard InChI is InChI=1S/C23H22F3N3O2/c24-23(25,26)16-9-6-10-17(13-16)29-19-12-5-4-11-18(19)28-20(22(29)31)21(30)27-14-15-7-2-1-3-8-15/h4-6,9-13,15H,1-3,7-8,14H2,(H,27,30). The average molecular weight is 429 g/mol. The Balaban J connectivity index is 1.76. The van der Waals surface area contributed by atoms with Gasteiger partial charge in [0.2, 0.25) is 0 Å². The Labute approximate surface area is 176 Å². The van der Waals surface area contributed by atoms with Crippen molar-refractivity contribution >= 4 is 16.9 Å². The van der Waals surface area contributed by atoms with Crippen LogP contribution >= 0.6 is 0 Å². The summed E-state index contributed by atoms with van der Waals surface area (Å²) in [7, 11) is 0. The van der Waals surface area contributed by atoms with Gasteiger partial charge in [0.25, 0.3) is 11.5 Å². The Kier molecular flexibility index (Phi) is 5.80. The van der Waals surface area contributed by atoms with Crippen molar-refractivity contribution in [2.45, 2.75) is 38.3 Å². The highest BCUT2D eigenvalue weighted by atomic mass is 19.4. The summed E-state index contributed by atoms with van der Waals surface area (Å²) in [5.74, 6) is -0.245. The molecule has 0 saturated heterocycles. The van der Waals surface area contributed by atoms with Crippen LogP contribution in [0.2, 0.25) is 0 Å².